The summed E-state index contributed by atoms with van der Waals surface area (Å²) in [6.45, 7) is 11.7. The molecular formula is C34H47O8PSi. The SMILES string of the molecule is CC(C)(C)[Si](C)(C)O[C@@H]1[C@@H](OCc2ccccc2)[C@H](OCc2ccccc2)[C@@H](COCc2ccccc2)O[C@@H]1CP(=O)(O)O. The van der Waals surface area contributed by atoms with Crippen molar-refractivity contribution in [3.8, 4) is 0 Å². The van der Waals surface area contributed by atoms with Crippen molar-refractivity contribution >= 4 is 15.9 Å². The normalized spacial score (nSPS) is 23.0. The highest BCUT2D eigenvalue weighted by Crippen LogP contribution is 2.44. The van der Waals surface area contributed by atoms with Gasteiger partial charge < -0.3 is 33.2 Å². The van der Waals surface area contributed by atoms with Crippen LogP contribution in [0.1, 0.15) is 37.5 Å². The third kappa shape index (κ3) is 10.2. The zero-order chi connectivity index (χ0) is 31.8. The molecule has 1 fully saturated rings. The van der Waals surface area contributed by atoms with E-state index >= 15 is 0 Å². The molecule has 0 bridgehead atoms. The van der Waals surface area contributed by atoms with Crippen LogP contribution < -0.4 is 0 Å². The molecule has 8 nitrogen and oxygen atoms in total. The van der Waals surface area contributed by atoms with Crippen molar-refractivity contribution in [1.82, 2.24) is 0 Å². The van der Waals surface area contributed by atoms with Gasteiger partial charge >= 0.3 is 7.60 Å². The third-order valence-corrected chi connectivity index (χ3v) is 13.7. The van der Waals surface area contributed by atoms with Gasteiger partial charge in [-0.1, -0.05) is 112 Å². The third-order valence-electron chi connectivity index (χ3n) is 8.35. The molecule has 0 amide bonds. The maximum absolute atomic E-state index is 12.5. The van der Waals surface area contributed by atoms with Gasteiger partial charge in [-0.25, -0.2) is 0 Å². The Labute approximate surface area is 263 Å². The van der Waals surface area contributed by atoms with E-state index in [-0.39, 0.29) is 18.3 Å². The van der Waals surface area contributed by atoms with Gasteiger partial charge in [0, 0.05) is 0 Å². The summed E-state index contributed by atoms with van der Waals surface area (Å²) in [4.78, 5) is 20.3. The Morgan fingerprint density at radius 2 is 1.16 bits per heavy atom. The highest BCUT2D eigenvalue weighted by molar-refractivity contribution is 7.51. The molecule has 1 heterocycles. The van der Waals surface area contributed by atoms with Crippen molar-refractivity contribution in [2.75, 3.05) is 12.8 Å². The lowest BCUT2D eigenvalue weighted by Crippen LogP contribution is -2.64. The van der Waals surface area contributed by atoms with E-state index in [4.69, 9.17) is 23.4 Å². The molecule has 0 aliphatic carbocycles. The minimum Gasteiger partial charge on any atom is -0.408 e. The number of rotatable bonds is 14. The number of hydrogen-bond donors (Lipinski definition) is 2. The molecule has 2 N–H and O–H groups in total. The van der Waals surface area contributed by atoms with Crippen LogP contribution in [-0.4, -0.2) is 61.4 Å². The molecule has 1 saturated heterocycles. The second kappa shape index (κ2) is 15.4. The lowest BCUT2D eigenvalue weighted by atomic mass is 9.95. The highest BCUT2D eigenvalue weighted by atomic mass is 31.2. The summed E-state index contributed by atoms with van der Waals surface area (Å²) in [6, 6.07) is 29.5. The van der Waals surface area contributed by atoms with Crippen LogP contribution in [0.25, 0.3) is 0 Å². The van der Waals surface area contributed by atoms with Gasteiger partial charge in [0.2, 0.25) is 0 Å². The maximum atomic E-state index is 12.5. The van der Waals surface area contributed by atoms with Crippen LogP contribution in [-0.2, 0) is 47.8 Å². The molecule has 1 aliphatic rings. The Kier molecular flexibility index (Phi) is 12.2. The Morgan fingerprint density at radius 1 is 0.705 bits per heavy atom. The lowest BCUT2D eigenvalue weighted by molar-refractivity contribution is -0.253. The molecule has 3 aromatic carbocycles. The maximum Gasteiger partial charge on any atom is 0.328 e. The molecule has 10 heteroatoms. The topological polar surface area (TPSA) is 104 Å². The second-order valence-electron chi connectivity index (χ2n) is 12.9. The predicted octanol–water partition coefficient (Wildman–Crippen LogP) is 6.71. The molecule has 0 radical (unpaired) electrons. The molecule has 4 rings (SSSR count). The van der Waals surface area contributed by atoms with Crippen molar-refractivity contribution in [2.45, 2.75) is 89.2 Å². The lowest BCUT2D eigenvalue weighted by Gasteiger charge is -2.50. The fraction of sp³-hybridized carbons (Fsp3) is 0.471. The number of ether oxygens (including phenoxy) is 4. The monoisotopic (exact) mass is 642 g/mol. The van der Waals surface area contributed by atoms with Crippen molar-refractivity contribution in [2.24, 2.45) is 0 Å². The van der Waals surface area contributed by atoms with E-state index < -0.39 is 52.6 Å². The van der Waals surface area contributed by atoms with Crippen LogP contribution in [0.3, 0.4) is 0 Å². The van der Waals surface area contributed by atoms with Gasteiger partial charge in [-0.05, 0) is 34.8 Å². The first-order valence-electron chi connectivity index (χ1n) is 15.1. The summed E-state index contributed by atoms with van der Waals surface area (Å²) >= 11 is 0. The van der Waals surface area contributed by atoms with Gasteiger partial charge in [0.1, 0.15) is 24.4 Å². The van der Waals surface area contributed by atoms with Gasteiger partial charge in [0.15, 0.2) is 8.32 Å². The Bertz CT molecular complexity index is 1310. The summed E-state index contributed by atoms with van der Waals surface area (Å²) in [5.74, 6) is 0. The smallest absolute Gasteiger partial charge is 0.328 e. The molecule has 3 aromatic rings. The van der Waals surface area contributed by atoms with E-state index in [1.165, 1.54) is 0 Å². The molecule has 240 valence electrons. The first-order valence-corrected chi connectivity index (χ1v) is 19.8. The summed E-state index contributed by atoms with van der Waals surface area (Å²) in [5, 5.41) is -0.167. The minimum atomic E-state index is -4.49. The van der Waals surface area contributed by atoms with E-state index in [9.17, 15) is 14.4 Å². The first kappa shape index (κ1) is 34.7. The van der Waals surface area contributed by atoms with E-state index in [1.807, 2.05) is 91.0 Å². The van der Waals surface area contributed by atoms with Crippen LogP contribution in [0.4, 0.5) is 0 Å². The highest BCUT2D eigenvalue weighted by Gasteiger charge is 2.53. The molecule has 1 aliphatic heterocycles. The largest absolute Gasteiger partial charge is 0.408 e. The molecule has 5 atom stereocenters. The van der Waals surface area contributed by atoms with Crippen LogP contribution >= 0.6 is 7.60 Å². The van der Waals surface area contributed by atoms with Gasteiger partial charge in [0.25, 0.3) is 0 Å². The van der Waals surface area contributed by atoms with Gasteiger partial charge in [-0.3, -0.25) is 4.57 Å². The zero-order valence-electron chi connectivity index (χ0n) is 26.4. The van der Waals surface area contributed by atoms with Crippen molar-refractivity contribution in [3.05, 3.63) is 108 Å². The van der Waals surface area contributed by atoms with Gasteiger partial charge in [-0.2, -0.15) is 0 Å². The number of benzene rings is 3. The fourth-order valence-corrected chi connectivity index (χ4v) is 7.04. The average molecular weight is 643 g/mol. The van der Waals surface area contributed by atoms with Crippen LogP contribution in [0, 0.1) is 0 Å². The van der Waals surface area contributed by atoms with E-state index in [2.05, 4.69) is 33.9 Å². The zero-order valence-corrected chi connectivity index (χ0v) is 28.3. The summed E-state index contributed by atoms with van der Waals surface area (Å²) < 4.78 is 45.3. The van der Waals surface area contributed by atoms with E-state index in [0.717, 1.165) is 16.7 Å². The molecular weight excluding hydrogens is 595 g/mol. The molecule has 0 unspecified atom stereocenters. The molecule has 0 aromatic heterocycles. The average Bonchev–Trinajstić information content (AvgIpc) is 2.97. The van der Waals surface area contributed by atoms with Crippen LogP contribution in [0.5, 0.6) is 0 Å². The minimum absolute atomic E-state index is 0.143. The second-order valence-corrected chi connectivity index (χ2v) is 19.4. The predicted molar refractivity (Wildman–Crippen MR) is 174 cm³/mol. The van der Waals surface area contributed by atoms with Crippen molar-refractivity contribution in [1.29, 1.82) is 0 Å². The summed E-state index contributed by atoms with van der Waals surface area (Å²) in [7, 11) is -6.96. The van der Waals surface area contributed by atoms with Crippen molar-refractivity contribution < 1.29 is 37.7 Å². The molecule has 0 spiro atoms. The van der Waals surface area contributed by atoms with Crippen LogP contribution in [0.15, 0.2) is 91.0 Å². The standard InChI is InChI=1S/C34H47O8PSi/c1-34(2,3)44(4,5)42-32-30(25-43(35,36)37)41-29(24-38-21-26-15-9-6-10-16-26)31(39-22-27-17-11-7-12-18-27)33(32)40-23-28-19-13-8-14-20-28/h6-20,29-33H,21-25H2,1-5H3,(H2,35,36,37)/t29-,30-,31-,32+,33+/m1/s1. The number of hydrogen-bond acceptors (Lipinski definition) is 6. The Balaban J connectivity index is 1.70. The Hall–Kier alpha value is -2.17. The van der Waals surface area contributed by atoms with Crippen LogP contribution in [0.2, 0.25) is 18.1 Å². The van der Waals surface area contributed by atoms with Gasteiger partial charge in [-0.15, -0.1) is 0 Å². The molecule has 0 saturated carbocycles. The Morgan fingerprint density at radius 3 is 1.61 bits per heavy atom. The summed E-state index contributed by atoms with van der Waals surface area (Å²) in [5.41, 5.74) is 2.96. The quantitative estimate of drug-likeness (QED) is 0.148. The molecule has 44 heavy (non-hydrogen) atoms. The fourth-order valence-electron chi connectivity index (χ4n) is 4.96. The van der Waals surface area contributed by atoms with E-state index in [1.54, 1.807) is 0 Å². The summed E-state index contributed by atoms with van der Waals surface area (Å²) in [6.07, 6.45) is -4.22. The van der Waals surface area contributed by atoms with Crippen molar-refractivity contribution in [3.63, 3.8) is 0 Å². The van der Waals surface area contributed by atoms with E-state index in [0.29, 0.717) is 13.2 Å². The first-order chi connectivity index (χ1) is 20.8. The van der Waals surface area contributed by atoms with Gasteiger partial charge in [0.05, 0.1) is 38.7 Å².